The predicted molar refractivity (Wildman–Crippen MR) is 65.6 cm³/mol. The molecule has 0 unspecified atom stereocenters. The Morgan fingerprint density at radius 2 is 1.82 bits per heavy atom. The summed E-state index contributed by atoms with van der Waals surface area (Å²) in [6.07, 6.45) is 4.45. The van der Waals surface area contributed by atoms with Gasteiger partial charge in [-0.25, -0.2) is 0 Å². The highest BCUT2D eigenvalue weighted by molar-refractivity contribution is 5.82. The highest BCUT2D eigenvalue weighted by Gasteiger charge is 2.33. The molecule has 0 radical (unpaired) electrons. The van der Waals surface area contributed by atoms with Crippen LogP contribution in [0.1, 0.15) is 52.9 Å². The summed E-state index contributed by atoms with van der Waals surface area (Å²) in [5.74, 6) is -1.64. The number of rotatable bonds is 4. The largest absolute Gasteiger partial charge is 0.481 e. The molecule has 4 heteroatoms. The Bertz CT molecular complexity index is 288. The summed E-state index contributed by atoms with van der Waals surface area (Å²) < 4.78 is 0. The SMILES string of the molecule is CC(C)(C)[C@H](CC(=O)NC1CCCC1)C(=O)O. The minimum absolute atomic E-state index is 0.0787. The van der Waals surface area contributed by atoms with E-state index in [1.54, 1.807) is 0 Å². The van der Waals surface area contributed by atoms with Crippen molar-refractivity contribution in [3.8, 4) is 0 Å². The number of hydrogen-bond donors (Lipinski definition) is 2. The van der Waals surface area contributed by atoms with Gasteiger partial charge in [-0.3, -0.25) is 9.59 Å². The van der Waals surface area contributed by atoms with E-state index in [0.717, 1.165) is 25.7 Å². The maximum atomic E-state index is 11.8. The van der Waals surface area contributed by atoms with Crippen LogP contribution in [0.4, 0.5) is 0 Å². The van der Waals surface area contributed by atoms with E-state index >= 15 is 0 Å². The minimum Gasteiger partial charge on any atom is -0.481 e. The third kappa shape index (κ3) is 4.36. The summed E-state index contributed by atoms with van der Waals surface area (Å²) in [5, 5.41) is 12.1. The highest BCUT2D eigenvalue weighted by atomic mass is 16.4. The van der Waals surface area contributed by atoms with Gasteiger partial charge in [-0.1, -0.05) is 33.6 Å². The molecule has 1 atom stereocenters. The van der Waals surface area contributed by atoms with E-state index in [0.29, 0.717) is 0 Å². The maximum Gasteiger partial charge on any atom is 0.307 e. The van der Waals surface area contributed by atoms with Gasteiger partial charge in [0.15, 0.2) is 0 Å². The van der Waals surface area contributed by atoms with Gasteiger partial charge in [-0.05, 0) is 18.3 Å². The van der Waals surface area contributed by atoms with Crippen LogP contribution in [-0.2, 0) is 9.59 Å². The fourth-order valence-electron chi connectivity index (χ4n) is 2.31. The van der Waals surface area contributed by atoms with Crippen molar-refractivity contribution >= 4 is 11.9 Å². The second-order valence-corrected chi connectivity index (χ2v) is 6.01. The monoisotopic (exact) mass is 241 g/mol. The Kier molecular flexibility index (Phi) is 4.54. The molecular weight excluding hydrogens is 218 g/mol. The van der Waals surface area contributed by atoms with Crippen molar-refractivity contribution in [2.24, 2.45) is 11.3 Å². The third-order valence-electron chi connectivity index (χ3n) is 3.45. The number of carbonyl (C=O) groups excluding carboxylic acids is 1. The fraction of sp³-hybridized carbons (Fsp3) is 0.846. The van der Waals surface area contributed by atoms with E-state index in [1.807, 2.05) is 20.8 Å². The zero-order valence-electron chi connectivity index (χ0n) is 11.0. The predicted octanol–water partition coefficient (Wildman–Crippen LogP) is 2.18. The topological polar surface area (TPSA) is 66.4 Å². The molecule has 0 saturated heterocycles. The van der Waals surface area contributed by atoms with Crippen molar-refractivity contribution in [2.45, 2.75) is 58.9 Å². The van der Waals surface area contributed by atoms with Crippen LogP contribution in [0, 0.1) is 11.3 Å². The number of carboxylic acids is 1. The van der Waals surface area contributed by atoms with E-state index in [-0.39, 0.29) is 18.4 Å². The van der Waals surface area contributed by atoms with E-state index in [2.05, 4.69) is 5.32 Å². The highest BCUT2D eigenvalue weighted by Crippen LogP contribution is 2.29. The molecule has 0 spiro atoms. The molecule has 98 valence electrons. The van der Waals surface area contributed by atoms with Crippen LogP contribution in [0.2, 0.25) is 0 Å². The Balaban J connectivity index is 2.49. The van der Waals surface area contributed by atoms with Crippen LogP contribution < -0.4 is 5.32 Å². The van der Waals surface area contributed by atoms with Gasteiger partial charge >= 0.3 is 5.97 Å². The lowest BCUT2D eigenvalue weighted by Crippen LogP contribution is -2.38. The van der Waals surface area contributed by atoms with Crippen LogP contribution in [0.3, 0.4) is 0 Å². The lowest BCUT2D eigenvalue weighted by Gasteiger charge is -2.27. The maximum absolute atomic E-state index is 11.8. The summed E-state index contributed by atoms with van der Waals surface area (Å²) >= 11 is 0. The first-order valence-electron chi connectivity index (χ1n) is 6.33. The Labute approximate surface area is 103 Å². The smallest absolute Gasteiger partial charge is 0.307 e. The van der Waals surface area contributed by atoms with Crippen LogP contribution in [0.5, 0.6) is 0 Å². The number of carbonyl (C=O) groups is 2. The van der Waals surface area contributed by atoms with Crippen molar-refractivity contribution in [1.82, 2.24) is 5.32 Å². The average molecular weight is 241 g/mol. The first kappa shape index (κ1) is 14.0. The van der Waals surface area contributed by atoms with E-state index in [4.69, 9.17) is 5.11 Å². The molecule has 1 aliphatic carbocycles. The van der Waals surface area contributed by atoms with Crippen LogP contribution in [-0.4, -0.2) is 23.0 Å². The summed E-state index contributed by atoms with van der Waals surface area (Å²) in [4.78, 5) is 22.9. The third-order valence-corrected chi connectivity index (χ3v) is 3.45. The molecule has 0 aromatic rings. The van der Waals surface area contributed by atoms with Gasteiger partial charge in [0, 0.05) is 12.5 Å². The van der Waals surface area contributed by atoms with Crippen molar-refractivity contribution in [1.29, 1.82) is 0 Å². The number of carboxylic acid groups (broad SMARTS) is 1. The zero-order chi connectivity index (χ0) is 13.1. The number of amides is 1. The number of aliphatic carboxylic acids is 1. The van der Waals surface area contributed by atoms with E-state index in [1.165, 1.54) is 0 Å². The molecule has 0 aromatic heterocycles. The molecule has 2 N–H and O–H groups in total. The van der Waals surface area contributed by atoms with Gasteiger partial charge < -0.3 is 10.4 Å². The molecule has 1 fully saturated rings. The van der Waals surface area contributed by atoms with Crippen LogP contribution >= 0.6 is 0 Å². The molecule has 0 aliphatic heterocycles. The molecule has 0 aromatic carbocycles. The zero-order valence-corrected chi connectivity index (χ0v) is 11.0. The average Bonchev–Trinajstić information content (AvgIpc) is 2.64. The molecule has 17 heavy (non-hydrogen) atoms. The Hall–Kier alpha value is -1.06. The van der Waals surface area contributed by atoms with Crippen LogP contribution in [0.25, 0.3) is 0 Å². The summed E-state index contributed by atoms with van der Waals surface area (Å²) in [5.41, 5.74) is -0.390. The quantitative estimate of drug-likeness (QED) is 0.792. The molecule has 0 heterocycles. The van der Waals surface area contributed by atoms with Crippen molar-refractivity contribution in [3.63, 3.8) is 0 Å². The fourth-order valence-corrected chi connectivity index (χ4v) is 2.31. The number of nitrogens with one attached hydrogen (secondary N) is 1. The van der Waals surface area contributed by atoms with Gasteiger partial charge in [0.1, 0.15) is 0 Å². The van der Waals surface area contributed by atoms with E-state index < -0.39 is 17.3 Å². The lowest BCUT2D eigenvalue weighted by molar-refractivity contribution is -0.148. The number of hydrogen-bond acceptors (Lipinski definition) is 2. The van der Waals surface area contributed by atoms with E-state index in [9.17, 15) is 9.59 Å². The Morgan fingerprint density at radius 1 is 1.29 bits per heavy atom. The van der Waals surface area contributed by atoms with Gasteiger partial charge in [0.05, 0.1) is 5.92 Å². The summed E-state index contributed by atoms with van der Waals surface area (Å²) in [7, 11) is 0. The standard InChI is InChI=1S/C13H23NO3/c1-13(2,3)10(12(16)17)8-11(15)14-9-6-4-5-7-9/h9-10H,4-8H2,1-3H3,(H,14,15)(H,16,17)/t10-/m1/s1. The minimum atomic E-state index is -0.890. The lowest BCUT2D eigenvalue weighted by atomic mass is 9.78. The normalized spacial score (nSPS) is 19.0. The summed E-state index contributed by atoms with van der Waals surface area (Å²) in [6, 6.07) is 0.261. The van der Waals surface area contributed by atoms with Crippen molar-refractivity contribution < 1.29 is 14.7 Å². The van der Waals surface area contributed by atoms with Gasteiger partial charge in [0.2, 0.25) is 5.91 Å². The molecule has 1 saturated carbocycles. The van der Waals surface area contributed by atoms with Gasteiger partial charge in [-0.15, -0.1) is 0 Å². The van der Waals surface area contributed by atoms with Crippen LogP contribution in [0.15, 0.2) is 0 Å². The van der Waals surface area contributed by atoms with Crippen molar-refractivity contribution in [3.05, 3.63) is 0 Å². The summed E-state index contributed by atoms with van der Waals surface area (Å²) in [6.45, 7) is 5.57. The molecule has 1 rings (SSSR count). The molecule has 1 aliphatic rings. The van der Waals surface area contributed by atoms with Gasteiger partial charge in [0.25, 0.3) is 0 Å². The first-order valence-corrected chi connectivity index (χ1v) is 6.33. The Morgan fingerprint density at radius 3 is 2.24 bits per heavy atom. The molecule has 4 nitrogen and oxygen atoms in total. The molecule has 1 amide bonds. The molecule has 0 bridgehead atoms. The second kappa shape index (κ2) is 5.52. The van der Waals surface area contributed by atoms with Crippen molar-refractivity contribution in [2.75, 3.05) is 0 Å². The van der Waals surface area contributed by atoms with Gasteiger partial charge in [-0.2, -0.15) is 0 Å². The second-order valence-electron chi connectivity index (χ2n) is 6.01. The molecular formula is C13H23NO3. The first-order chi connectivity index (χ1) is 7.80.